The van der Waals surface area contributed by atoms with Crippen LogP contribution in [-0.2, 0) is 9.47 Å². The van der Waals surface area contributed by atoms with Gasteiger partial charge in [0.05, 0.1) is 6.61 Å². The van der Waals surface area contributed by atoms with E-state index >= 15 is 0 Å². The van der Waals surface area contributed by atoms with Crippen molar-refractivity contribution in [1.82, 2.24) is 0 Å². The summed E-state index contributed by atoms with van der Waals surface area (Å²) in [5.41, 5.74) is 4.26. The summed E-state index contributed by atoms with van der Waals surface area (Å²) >= 11 is 0. The smallest absolute Gasteiger partial charge is 0.146 e. The van der Waals surface area contributed by atoms with Crippen molar-refractivity contribution < 1.29 is 9.47 Å². The molecule has 2 heteroatoms. The van der Waals surface area contributed by atoms with E-state index in [4.69, 9.17) is 9.47 Å². The Labute approximate surface area is 96.9 Å². The summed E-state index contributed by atoms with van der Waals surface area (Å²) in [5, 5.41) is 0. The van der Waals surface area contributed by atoms with Crippen LogP contribution in [0.4, 0.5) is 0 Å². The van der Waals surface area contributed by atoms with Crippen molar-refractivity contribution in [2.24, 2.45) is 5.92 Å². The van der Waals surface area contributed by atoms with Crippen LogP contribution in [0.5, 0.6) is 0 Å². The number of allylic oxidation sites excluding steroid dienone is 1. The normalized spacial score (nSPS) is 22.0. The van der Waals surface area contributed by atoms with E-state index < -0.39 is 0 Å². The minimum Gasteiger partial charge on any atom is -0.359 e. The first kappa shape index (κ1) is 11.4. The lowest BCUT2D eigenvalue weighted by Crippen LogP contribution is -1.99. The molecule has 1 atom stereocenters. The maximum absolute atomic E-state index is 5.37. The molecule has 0 saturated heterocycles. The van der Waals surface area contributed by atoms with Crippen LogP contribution in [-0.4, -0.2) is 20.5 Å². The van der Waals surface area contributed by atoms with Crippen LogP contribution in [0.3, 0.4) is 0 Å². The summed E-state index contributed by atoms with van der Waals surface area (Å²) in [6.07, 6.45) is 1.17. The fraction of sp³-hybridized carbons (Fsp3) is 0.429. The van der Waals surface area contributed by atoms with Gasteiger partial charge in [0.25, 0.3) is 0 Å². The molecule has 1 saturated carbocycles. The SMILES string of the molecule is COCOCC1C/C1=C(\C)c1ccccc1. The molecule has 86 valence electrons. The van der Waals surface area contributed by atoms with Gasteiger partial charge in [-0.1, -0.05) is 35.9 Å². The van der Waals surface area contributed by atoms with Gasteiger partial charge in [0.15, 0.2) is 0 Å². The molecular formula is C14H18O2. The van der Waals surface area contributed by atoms with Crippen molar-refractivity contribution in [2.45, 2.75) is 13.3 Å². The lowest BCUT2D eigenvalue weighted by Gasteiger charge is -2.02. The van der Waals surface area contributed by atoms with Gasteiger partial charge < -0.3 is 9.47 Å². The Kier molecular flexibility index (Phi) is 3.75. The van der Waals surface area contributed by atoms with Crippen molar-refractivity contribution in [3.05, 3.63) is 41.5 Å². The van der Waals surface area contributed by atoms with E-state index in [0.717, 1.165) is 6.61 Å². The summed E-state index contributed by atoms with van der Waals surface area (Å²) in [7, 11) is 1.65. The highest BCUT2D eigenvalue weighted by Crippen LogP contribution is 2.43. The van der Waals surface area contributed by atoms with Crippen LogP contribution in [0, 0.1) is 5.92 Å². The molecule has 0 bridgehead atoms. The molecule has 0 N–H and O–H groups in total. The Morgan fingerprint density at radius 2 is 2.06 bits per heavy atom. The van der Waals surface area contributed by atoms with Crippen LogP contribution >= 0.6 is 0 Å². The number of benzene rings is 1. The summed E-state index contributed by atoms with van der Waals surface area (Å²) in [6, 6.07) is 10.5. The van der Waals surface area contributed by atoms with Crippen molar-refractivity contribution in [2.75, 3.05) is 20.5 Å². The van der Waals surface area contributed by atoms with Crippen LogP contribution in [0.2, 0.25) is 0 Å². The van der Waals surface area contributed by atoms with E-state index in [2.05, 4.69) is 31.2 Å². The molecule has 0 amide bonds. The van der Waals surface area contributed by atoms with Crippen molar-refractivity contribution in [3.8, 4) is 0 Å². The molecule has 2 nitrogen and oxygen atoms in total. The van der Waals surface area contributed by atoms with Gasteiger partial charge in [-0.25, -0.2) is 0 Å². The molecular weight excluding hydrogens is 200 g/mol. The standard InChI is InChI=1S/C14H18O2/c1-11(12-6-4-3-5-7-12)14-8-13(14)9-16-10-15-2/h3-7,13H,8-10H2,1-2H3/b14-11-. The molecule has 2 rings (SSSR count). The molecule has 16 heavy (non-hydrogen) atoms. The highest BCUT2D eigenvalue weighted by molar-refractivity contribution is 5.70. The fourth-order valence-electron chi connectivity index (χ4n) is 1.97. The predicted molar refractivity (Wildman–Crippen MR) is 65.0 cm³/mol. The maximum Gasteiger partial charge on any atom is 0.146 e. The van der Waals surface area contributed by atoms with Gasteiger partial charge in [-0.3, -0.25) is 0 Å². The third kappa shape index (κ3) is 2.71. The van der Waals surface area contributed by atoms with Gasteiger partial charge in [0.1, 0.15) is 6.79 Å². The number of methoxy groups -OCH3 is 1. The third-order valence-corrected chi connectivity index (χ3v) is 3.01. The zero-order chi connectivity index (χ0) is 11.4. The number of ether oxygens (including phenoxy) is 2. The second-order valence-electron chi connectivity index (χ2n) is 4.19. The molecule has 0 aliphatic heterocycles. The second kappa shape index (κ2) is 5.28. The number of hydrogen-bond donors (Lipinski definition) is 0. The van der Waals surface area contributed by atoms with E-state index in [9.17, 15) is 0 Å². The molecule has 1 fully saturated rings. The molecule has 1 aromatic rings. The largest absolute Gasteiger partial charge is 0.359 e. The van der Waals surface area contributed by atoms with Gasteiger partial charge in [-0.15, -0.1) is 0 Å². The van der Waals surface area contributed by atoms with Crippen molar-refractivity contribution in [1.29, 1.82) is 0 Å². The number of rotatable bonds is 5. The van der Waals surface area contributed by atoms with Crippen LogP contribution in [0.1, 0.15) is 18.9 Å². The Morgan fingerprint density at radius 1 is 1.31 bits per heavy atom. The summed E-state index contributed by atoms with van der Waals surface area (Å²) < 4.78 is 10.2. The summed E-state index contributed by atoms with van der Waals surface area (Å²) in [6.45, 7) is 3.38. The molecule has 0 radical (unpaired) electrons. The van der Waals surface area contributed by atoms with Crippen molar-refractivity contribution in [3.63, 3.8) is 0 Å². The minimum atomic E-state index is 0.397. The molecule has 1 unspecified atom stereocenters. The summed E-state index contributed by atoms with van der Waals surface area (Å²) in [5.74, 6) is 0.607. The topological polar surface area (TPSA) is 18.5 Å². The molecule has 0 heterocycles. The number of hydrogen-bond acceptors (Lipinski definition) is 2. The third-order valence-electron chi connectivity index (χ3n) is 3.01. The van der Waals surface area contributed by atoms with Crippen LogP contribution < -0.4 is 0 Å². The Balaban J connectivity index is 1.93. The first-order chi connectivity index (χ1) is 7.83. The Morgan fingerprint density at radius 3 is 2.75 bits per heavy atom. The Hall–Kier alpha value is -1.12. The van der Waals surface area contributed by atoms with E-state index in [1.165, 1.54) is 23.1 Å². The zero-order valence-electron chi connectivity index (χ0n) is 9.90. The quantitative estimate of drug-likeness (QED) is 0.558. The Bertz CT molecular complexity index is 368. The average Bonchev–Trinajstić information content (AvgIpc) is 3.09. The molecule has 0 aromatic heterocycles. The summed E-state index contributed by atoms with van der Waals surface area (Å²) in [4.78, 5) is 0. The highest BCUT2D eigenvalue weighted by Gasteiger charge is 2.31. The van der Waals surface area contributed by atoms with Crippen LogP contribution in [0.15, 0.2) is 35.9 Å². The first-order valence-corrected chi connectivity index (χ1v) is 5.64. The lowest BCUT2D eigenvalue weighted by molar-refractivity contribution is -0.0333. The van der Waals surface area contributed by atoms with E-state index in [-0.39, 0.29) is 0 Å². The maximum atomic E-state index is 5.37. The minimum absolute atomic E-state index is 0.397. The second-order valence-corrected chi connectivity index (χ2v) is 4.19. The zero-order valence-corrected chi connectivity index (χ0v) is 9.90. The van der Waals surface area contributed by atoms with Crippen LogP contribution in [0.25, 0.3) is 5.57 Å². The van der Waals surface area contributed by atoms with Gasteiger partial charge in [-0.2, -0.15) is 0 Å². The predicted octanol–water partition coefficient (Wildman–Crippen LogP) is 3.10. The average molecular weight is 218 g/mol. The molecule has 0 spiro atoms. The molecule has 1 aliphatic rings. The van der Waals surface area contributed by atoms with E-state index in [1.807, 2.05) is 6.07 Å². The molecule has 1 aliphatic carbocycles. The van der Waals surface area contributed by atoms with Crippen molar-refractivity contribution >= 4 is 5.57 Å². The van der Waals surface area contributed by atoms with Gasteiger partial charge in [0.2, 0.25) is 0 Å². The van der Waals surface area contributed by atoms with E-state index in [0.29, 0.717) is 12.7 Å². The first-order valence-electron chi connectivity index (χ1n) is 5.64. The monoisotopic (exact) mass is 218 g/mol. The van der Waals surface area contributed by atoms with Gasteiger partial charge in [-0.05, 0) is 24.5 Å². The van der Waals surface area contributed by atoms with Gasteiger partial charge in [0, 0.05) is 13.0 Å². The molecule has 1 aromatic carbocycles. The van der Waals surface area contributed by atoms with E-state index in [1.54, 1.807) is 7.11 Å². The van der Waals surface area contributed by atoms with Gasteiger partial charge >= 0.3 is 0 Å². The lowest BCUT2D eigenvalue weighted by atomic mass is 10.1. The highest BCUT2D eigenvalue weighted by atomic mass is 16.7. The fourth-order valence-corrected chi connectivity index (χ4v) is 1.97.